The molecule has 0 unspecified atom stereocenters. The molecule has 0 amide bonds. The van der Waals surface area contributed by atoms with Crippen molar-refractivity contribution in [2.24, 2.45) is 5.92 Å². The average Bonchev–Trinajstić information content (AvgIpc) is 2.87. The first kappa shape index (κ1) is 18.9. The zero-order valence-corrected chi connectivity index (χ0v) is 15.1. The van der Waals surface area contributed by atoms with E-state index >= 15 is 0 Å². The molecule has 0 aliphatic heterocycles. The predicted molar refractivity (Wildman–Crippen MR) is 90.0 cm³/mol. The lowest BCUT2D eigenvalue weighted by atomic mass is 10.1. The van der Waals surface area contributed by atoms with E-state index in [1.54, 1.807) is 0 Å². The molecule has 1 aliphatic rings. The van der Waals surface area contributed by atoms with Crippen LogP contribution in [0.15, 0.2) is 0 Å². The number of sulfonamides is 1. The molecule has 0 saturated heterocycles. The number of nitrogens with one attached hydrogen (secondary N) is 1. The van der Waals surface area contributed by atoms with Gasteiger partial charge >= 0.3 is 0 Å². The molecule has 1 aliphatic carbocycles. The Balaban J connectivity index is 2.57. The van der Waals surface area contributed by atoms with Gasteiger partial charge in [-0.25, -0.2) is 8.42 Å². The third-order valence-corrected chi connectivity index (χ3v) is 6.15. The van der Waals surface area contributed by atoms with Crippen LogP contribution in [0.25, 0.3) is 0 Å². The van der Waals surface area contributed by atoms with Crippen molar-refractivity contribution in [1.82, 2.24) is 9.62 Å². The number of nitrogens with zero attached hydrogens (tertiary/aromatic N) is 1. The van der Waals surface area contributed by atoms with Gasteiger partial charge in [0, 0.05) is 18.6 Å². The second-order valence-electron chi connectivity index (χ2n) is 7.01. The van der Waals surface area contributed by atoms with Crippen LogP contribution < -0.4 is 5.32 Å². The Morgan fingerprint density at radius 2 is 1.76 bits per heavy atom. The van der Waals surface area contributed by atoms with Crippen LogP contribution in [0.2, 0.25) is 0 Å². The van der Waals surface area contributed by atoms with Gasteiger partial charge in [-0.05, 0) is 38.1 Å². The number of hydrogen-bond donors (Lipinski definition) is 1. The van der Waals surface area contributed by atoms with Crippen LogP contribution in [0.3, 0.4) is 0 Å². The molecule has 0 radical (unpaired) electrons. The minimum Gasteiger partial charge on any atom is -0.314 e. The van der Waals surface area contributed by atoms with Gasteiger partial charge in [0.15, 0.2) is 0 Å². The summed E-state index contributed by atoms with van der Waals surface area (Å²) in [6, 6.07) is 0.673. The van der Waals surface area contributed by atoms with Crippen LogP contribution in [-0.4, -0.2) is 43.6 Å². The standard InChI is InChI=1S/C16H34N2O2S/c1-14(2)10-12-18(16-8-5-6-9-16)21(19,20)13-7-11-17-15(3)4/h14-17H,5-13H2,1-4H3. The predicted octanol–water partition coefficient (Wildman–Crippen LogP) is 3.00. The van der Waals surface area contributed by atoms with Gasteiger partial charge in [0.1, 0.15) is 0 Å². The molecule has 1 N–H and O–H groups in total. The van der Waals surface area contributed by atoms with E-state index in [-0.39, 0.29) is 11.8 Å². The minimum absolute atomic E-state index is 0.256. The summed E-state index contributed by atoms with van der Waals surface area (Å²) in [5.41, 5.74) is 0. The molecule has 0 aromatic heterocycles. The zero-order valence-electron chi connectivity index (χ0n) is 14.3. The highest BCUT2D eigenvalue weighted by Gasteiger charge is 2.31. The second-order valence-corrected chi connectivity index (χ2v) is 9.05. The monoisotopic (exact) mass is 318 g/mol. The van der Waals surface area contributed by atoms with Crippen LogP contribution in [0.1, 0.15) is 66.2 Å². The summed E-state index contributed by atoms with van der Waals surface area (Å²) in [4.78, 5) is 0. The van der Waals surface area contributed by atoms with Crippen LogP contribution >= 0.6 is 0 Å². The smallest absolute Gasteiger partial charge is 0.214 e. The summed E-state index contributed by atoms with van der Waals surface area (Å²) >= 11 is 0. The maximum absolute atomic E-state index is 12.7. The van der Waals surface area contributed by atoms with Crippen LogP contribution in [0.4, 0.5) is 0 Å². The van der Waals surface area contributed by atoms with Crippen LogP contribution in [0.5, 0.6) is 0 Å². The van der Waals surface area contributed by atoms with Gasteiger partial charge in [-0.3, -0.25) is 0 Å². The normalized spacial score (nSPS) is 17.5. The highest BCUT2D eigenvalue weighted by Crippen LogP contribution is 2.26. The first-order valence-electron chi connectivity index (χ1n) is 8.56. The SMILES string of the molecule is CC(C)CCN(C1CCCC1)S(=O)(=O)CCCNC(C)C. The zero-order chi connectivity index (χ0) is 15.9. The first-order chi connectivity index (χ1) is 9.83. The molecule has 126 valence electrons. The fourth-order valence-electron chi connectivity index (χ4n) is 2.89. The lowest BCUT2D eigenvalue weighted by Gasteiger charge is -2.29. The summed E-state index contributed by atoms with van der Waals surface area (Å²) in [5, 5.41) is 3.29. The molecule has 0 atom stereocenters. The second kappa shape index (κ2) is 9.11. The summed E-state index contributed by atoms with van der Waals surface area (Å²) in [6.07, 6.45) is 6.09. The molecule has 0 aromatic rings. The lowest BCUT2D eigenvalue weighted by Crippen LogP contribution is -2.41. The van der Waals surface area contributed by atoms with E-state index in [1.807, 2.05) is 4.31 Å². The van der Waals surface area contributed by atoms with Crippen molar-refractivity contribution in [3.05, 3.63) is 0 Å². The highest BCUT2D eigenvalue weighted by molar-refractivity contribution is 7.89. The number of hydrogen-bond acceptors (Lipinski definition) is 3. The van der Waals surface area contributed by atoms with Gasteiger partial charge < -0.3 is 5.32 Å². The Morgan fingerprint density at radius 1 is 1.14 bits per heavy atom. The van der Waals surface area contributed by atoms with Crippen molar-refractivity contribution >= 4 is 10.0 Å². The van der Waals surface area contributed by atoms with Gasteiger partial charge in [-0.1, -0.05) is 40.5 Å². The molecule has 1 fully saturated rings. The third kappa shape index (κ3) is 7.11. The van der Waals surface area contributed by atoms with Crippen molar-refractivity contribution in [3.63, 3.8) is 0 Å². The quantitative estimate of drug-likeness (QED) is 0.630. The van der Waals surface area contributed by atoms with E-state index in [4.69, 9.17) is 0 Å². The fourth-order valence-corrected chi connectivity index (χ4v) is 4.68. The Morgan fingerprint density at radius 3 is 2.29 bits per heavy atom. The van der Waals surface area contributed by atoms with Crippen molar-refractivity contribution in [2.75, 3.05) is 18.8 Å². The Bertz CT molecular complexity index is 374. The molecule has 0 bridgehead atoms. The summed E-state index contributed by atoms with van der Waals surface area (Å²) in [6.45, 7) is 9.96. The average molecular weight is 319 g/mol. The fraction of sp³-hybridized carbons (Fsp3) is 1.00. The summed E-state index contributed by atoms with van der Waals surface area (Å²) in [7, 11) is -3.11. The Kier molecular flexibility index (Phi) is 8.21. The Hall–Kier alpha value is -0.130. The molecule has 5 heteroatoms. The first-order valence-corrected chi connectivity index (χ1v) is 10.2. The van der Waals surface area contributed by atoms with Gasteiger partial charge in [-0.15, -0.1) is 0 Å². The van der Waals surface area contributed by atoms with Gasteiger partial charge in [0.25, 0.3) is 0 Å². The minimum atomic E-state index is -3.11. The molecular weight excluding hydrogens is 284 g/mol. The molecule has 1 rings (SSSR count). The van der Waals surface area contributed by atoms with Crippen molar-refractivity contribution < 1.29 is 8.42 Å². The maximum atomic E-state index is 12.7. The van der Waals surface area contributed by atoms with Crippen LogP contribution in [-0.2, 0) is 10.0 Å². The highest BCUT2D eigenvalue weighted by atomic mass is 32.2. The molecule has 0 aromatic carbocycles. The van der Waals surface area contributed by atoms with E-state index < -0.39 is 10.0 Å². The van der Waals surface area contributed by atoms with Crippen molar-refractivity contribution in [3.8, 4) is 0 Å². The van der Waals surface area contributed by atoms with E-state index in [2.05, 4.69) is 33.0 Å². The summed E-state index contributed by atoms with van der Waals surface area (Å²) in [5.74, 6) is 0.827. The number of rotatable bonds is 10. The van der Waals surface area contributed by atoms with E-state index in [0.29, 0.717) is 24.9 Å². The van der Waals surface area contributed by atoms with Gasteiger partial charge in [0.2, 0.25) is 10.0 Å². The van der Waals surface area contributed by atoms with Crippen molar-refractivity contribution in [1.29, 1.82) is 0 Å². The molecule has 0 heterocycles. The largest absolute Gasteiger partial charge is 0.314 e. The van der Waals surface area contributed by atoms with Crippen LogP contribution in [0, 0.1) is 5.92 Å². The van der Waals surface area contributed by atoms with Gasteiger partial charge in [-0.2, -0.15) is 4.31 Å². The van der Waals surface area contributed by atoms with Crippen molar-refractivity contribution in [2.45, 2.75) is 78.3 Å². The maximum Gasteiger partial charge on any atom is 0.214 e. The molecule has 1 saturated carbocycles. The van der Waals surface area contributed by atoms with Gasteiger partial charge in [0.05, 0.1) is 5.75 Å². The molecule has 21 heavy (non-hydrogen) atoms. The summed E-state index contributed by atoms with van der Waals surface area (Å²) < 4.78 is 27.2. The Labute approximate surface area is 131 Å². The molecular formula is C16H34N2O2S. The topological polar surface area (TPSA) is 49.4 Å². The van der Waals surface area contributed by atoms with E-state index in [1.165, 1.54) is 12.8 Å². The molecule has 0 spiro atoms. The molecule has 4 nitrogen and oxygen atoms in total. The third-order valence-electron chi connectivity index (χ3n) is 4.15. The van der Waals surface area contributed by atoms with E-state index in [9.17, 15) is 8.42 Å². The van der Waals surface area contributed by atoms with E-state index in [0.717, 1.165) is 25.8 Å². The lowest BCUT2D eigenvalue weighted by molar-refractivity contribution is 0.304.